The van der Waals surface area contributed by atoms with Crippen molar-refractivity contribution in [2.75, 3.05) is 18.2 Å². The van der Waals surface area contributed by atoms with Crippen LogP contribution in [-0.4, -0.2) is 13.0 Å². The van der Waals surface area contributed by atoms with Crippen LogP contribution in [0.5, 0.6) is 5.75 Å². The van der Waals surface area contributed by atoms with Crippen LogP contribution in [0.15, 0.2) is 59.1 Å². The van der Waals surface area contributed by atoms with Crippen molar-refractivity contribution in [2.45, 2.75) is 0 Å². The molecule has 0 heterocycles. The van der Waals surface area contributed by atoms with Crippen molar-refractivity contribution in [1.82, 2.24) is 0 Å². The molecule has 0 aliphatic heterocycles. The van der Waals surface area contributed by atoms with Crippen molar-refractivity contribution in [3.8, 4) is 5.75 Å². The Morgan fingerprint density at radius 2 is 1.87 bits per heavy atom. The molecule has 4 nitrogen and oxygen atoms in total. The van der Waals surface area contributed by atoms with E-state index in [2.05, 4.69) is 21.2 Å². The molecule has 0 saturated heterocycles. The maximum atomic E-state index is 12.7. The smallest absolute Gasteiger partial charge is 0.256 e. The number of carbonyl (C=O) groups excluding carboxylic acids is 1. The summed E-state index contributed by atoms with van der Waals surface area (Å²) < 4.78 is 5.98. The van der Waals surface area contributed by atoms with Crippen LogP contribution in [0.4, 0.5) is 11.4 Å². The van der Waals surface area contributed by atoms with E-state index in [1.807, 2.05) is 36.4 Å². The first-order chi connectivity index (χ1) is 11.1. The zero-order chi connectivity index (χ0) is 16.4. The lowest BCUT2D eigenvalue weighted by Crippen LogP contribution is -2.13. The summed E-state index contributed by atoms with van der Waals surface area (Å²) in [5, 5.41) is 4.82. The quantitative estimate of drug-likeness (QED) is 0.669. The molecule has 116 valence electrons. The van der Waals surface area contributed by atoms with E-state index in [0.717, 1.165) is 10.8 Å². The van der Waals surface area contributed by atoms with Gasteiger partial charge in [0, 0.05) is 21.8 Å². The molecule has 23 heavy (non-hydrogen) atoms. The zero-order valence-electron chi connectivity index (χ0n) is 12.5. The van der Waals surface area contributed by atoms with E-state index >= 15 is 0 Å². The van der Waals surface area contributed by atoms with Gasteiger partial charge in [-0.1, -0.05) is 36.4 Å². The van der Waals surface area contributed by atoms with Gasteiger partial charge in [-0.05, 0) is 38.8 Å². The largest absolute Gasteiger partial charge is 0.494 e. The number of methoxy groups -OCH3 is 1. The summed E-state index contributed by atoms with van der Waals surface area (Å²) in [6.45, 7) is 0. The number of nitrogen functional groups attached to an aromatic ring is 1. The number of amides is 1. The van der Waals surface area contributed by atoms with Gasteiger partial charge in [0.2, 0.25) is 0 Å². The fourth-order valence-electron chi connectivity index (χ4n) is 2.49. The van der Waals surface area contributed by atoms with Crippen molar-refractivity contribution < 1.29 is 9.53 Å². The fraction of sp³-hybridized carbons (Fsp3) is 0.0556. The van der Waals surface area contributed by atoms with Gasteiger partial charge in [-0.2, -0.15) is 0 Å². The number of nitrogens with two attached hydrogens (primary N) is 1. The SMILES string of the molecule is COc1cc(N)cc(Br)c1NC(=O)c1cccc2ccccc12. The molecule has 0 radical (unpaired) electrons. The maximum Gasteiger partial charge on any atom is 0.256 e. The minimum absolute atomic E-state index is 0.203. The van der Waals surface area contributed by atoms with Crippen molar-refractivity contribution in [2.24, 2.45) is 0 Å². The van der Waals surface area contributed by atoms with Crippen molar-refractivity contribution in [1.29, 1.82) is 0 Å². The third-order valence-corrected chi connectivity index (χ3v) is 4.19. The van der Waals surface area contributed by atoms with E-state index in [-0.39, 0.29) is 5.91 Å². The molecule has 0 saturated carbocycles. The average molecular weight is 371 g/mol. The Morgan fingerprint density at radius 1 is 1.13 bits per heavy atom. The molecule has 3 aromatic carbocycles. The Balaban J connectivity index is 2.02. The first-order valence-electron chi connectivity index (χ1n) is 7.02. The van der Waals surface area contributed by atoms with Gasteiger partial charge in [-0.15, -0.1) is 0 Å². The number of rotatable bonds is 3. The highest BCUT2D eigenvalue weighted by atomic mass is 79.9. The summed E-state index contributed by atoms with van der Waals surface area (Å²) >= 11 is 3.41. The molecule has 3 aromatic rings. The summed E-state index contributed by atoms with van der Waals surface area (Å²) in [6, 6.07) is 16.8. The zero-order valence-corrected chi connectivity index (χ0v) is 14.1. The molecular weight excluding hydrogens is 356 g/mol. The van der Waals surface area contributed by atoms with Crippen LogP contribution < -0.4 is 15.8 Å². The number of carbonyl (C=O) groups is 1. The molecule has 0 aromatic heterocycles. The summed E-state index contributed by atoms with van der Waals surface area (Å²) in [4.78, 5) is 12.7. The second-order valence-electron chi connectivity index (χ2n) is 5.06. The standard InChI is InChI=1S/C18H15BrN2O2/c1-23-16-10-12(20)9-15(19)17(16)21-18(22)14-8-4-6-11-5-2-3-7-13(11)14/h2-10H,20H2,1H3,(H,21,22). The van der Waals surface area contributed by atoms with Crippen LogP contribution >= 0.6 is 15.9 Å². The lowest BCUT2D eigenvalue weighted by atomic mass is 10.0. The maximum absolute atomic E-state index is 12.7. The van der Waals surface area contributed by atoms with Gasteiger partial charge in [0.15, 0.2) is 0 Å². The lowest BCUT2D eigenvalue weighted by Gasteiger charge is -2.14. The van der Waals surface area contributed by atoms with Crippen LogP contribution in [0.25, 0.3) is 10.8 Å². The number of ether oxygens (including phenoxy) is 1. The second kappa shape index (κ2) is 6.30. The predicted molar refractivity (Wildman–Crippen MR) is 97.0 cm³/mol. The first kappa shape index (κ1) is 15.4. The summed E-state index contributed by atoms with van der Waals surface area (Å²) in [6.07, 6.45) is 0. The Morgan fingerprint density at radius 3 is 2.65 bits per heavy atom. The predicted octanol–water partition coefficient (Wildman–Crippen LogP) is 4.45. The molecule has 1 amide bonds. The molecule has 0 spiro atoms. The molecule has 0 atom stereocenters. The van der Waals surface area contributed by atoms with E-state index in [1.165, 1.54) is 7.11 Å². The summed E-state index contributed by atoms with van der Waals surface area (Å²) in [5.74, 6) is 0.302. The minimum Gasteiger partial charge on any atom is -0.494 e. The summed E-state index contributed by atoms with van der Waals surface area (Å²) in [7, 11) is 1.54. The number of hydrogen-bond acceptors (Lipinski definition) is 3. The van der Waals surface area contributed by atoms with Crippen LogP contribution in [0.2, 0.25) is 0 Å². The van der Waals surface area contributed by atoms with Crippen molar-refractivity contribution >= 4 is 44.0 Å². The Hall–Kier alpha value is -2.53. The number of hydrogen-bond donors (Lipinski definition) is 2. The Bertz CT molecular complexity index is 888. The highest BCUT2D eigenvalue weighted by molar-refractivity contribution is 9.10. The molecule has 0 bridgehead atoms. The fourth-order valence-corrected chi connectivity index (χ4v) is 3.05. The van der Waals surface area contributed by atoms with Crippen LogP contribution in [-0.2, 0) is 0 Å². The van der Waals surface area contributed by atoms with E-state index in [1.54, 1.807) is 18.2 Å². The highest BCUT2D eigenvalue weighted by Gasteiger charge is 2.15. The highest BCUT2D eigenvalue weighted by Crippen LogP contribution is 2.35. The molecule has 5 heteroatoms. The van der Waals surface area contributed by atoms with E-state index in [0.29, 0.717) is 27.2 Å². The van der Waals surface area contributed by atoms with Gasteiger partial charge >= 0.3 is 0 Å². The number of halogens is 1. The number of nitrogens with one attached hydrogen (secondary N) is 1. The van der Waals surface area contributed by atoms with Gasteiger partial charge in [0.05, 0.1) is 12.8 Å². The van der Waals surface area contributed by atoms with E-state index in [9.17, 15) is 4.79 Å². The molecule has 0 aliphatic rings. The normalized spacial score (nSPS) is 10.5. The van der Waals surface area contributed by atoms with Crippen molar-refractivity contribution in [3.05, 3.63) is 64.6 Å². The minimum atomic E-state index is -0.203. The number of benzene rings is 3. The number of anilines is 2. The van der Waals surface area contributed by atoms with Crippen molar-refractivity contribution in [3.63, 3.8) is 0 Å². The Kier molecular flexibility index (Phi) is 4.21. The van der Waals surface area contributed by atoms with Crippen LogP contribution in [0.3, 0.4) is 0 Å². The third kappa shape index (κ3) is 3.00. The van der Waals surface area contributed by atoms with Gasteiger partial charge in [-0.25, -0.2) is 0 Å². The second-order valence-corrected chi connectivity index (χ2v) is 5.92. The van der Waals surface area contributed by atoms with Crippen LogP contribution in [0.1, 0.15) is 10.4 Å². The average Bonchev–Trinajstić information content (AvgIpc) is 2.56. The first-order valence-corrected chi connectivity index (χ1v) is 7.81. The number of fused-ring (bicyclic) bond motifs is 1. The molecule has 0 fully saturated rings. The van der Waals surface area contributed by atoms with Gasteiger partial charge in [-0.3, -0.25) is 4.79 Å². The monoisotopic (exact) mass is 370 g/mol. The van der Waals surface area contributed by atoms with Crippen LogP contribution in [0, 0.1) is 0 Å². The molecule has 0 unspecified atom stereocenters. The van der Waals surface area contributed by atoms with Gasteiger partial charge in [0.1, 0.15) is 5.75 Å². The van der Waals surface area contributed by atoms with Gasteiger partial charge < -0.3 is 15.8 Å². The van der Waals surface area contributed by atoms with E-state index < -0.39 is 0 Å². The third-order valence-electron chi connectivity index (χ3n) is 3.57. The molecule has 0 aliphatic carbocycles. The molecule has 3 rings (SSSR count). The summed E-state index contributed by atoms with van der Waals surface area (Å²) in [5.41, 5.74) is 7.51. The van der Waals surface area contributed by atoms with Gasteiger partial charge in [0.25, 0.3) is 5.91 Å². The lowest BCUT2D eigenvalue weighted by molar-refractivity contribution is 0.102. The molecular formula is C18H15BrN2O2. The van der Waals surface area contributed by atoms with E-state index in [4.69, 9.17) is 10.5 Å². The Labute approximate surface area is 142 Å². The topological polar surface area (TPSA) is 64.3 Å². The molecule has 3 N–H and O–H groups in total.